The zero-order chi connectivity index (χ0) is 17.2. The molecule has 0 aromatic heterocycles. The van der Waals surface area contributed by atoms with Crippen LogP contribution in [0.3, 0.4) is 0 Å². The van der Waals surface area contributed by atoms with Crippen LogP contribution in [0.4, 0.5) is 0 Å². The van der Waals surface area contributed by atoms with Gasteiger partial charge < -0.3 is 5.11 Å². The molecule has 124 valence electrons. The predicted molar refractivity (Wildman–Crippen MR) is 99.9 cm³/mol. The van der Waals surface area contributed by atoms with Crippen molar-refractivity contribution in [1.29, 1.82) is 0 Å². The van der Waals surface area contributed by atoms with E-state index in [4.69, 9.17) is 0 Å². The smallest absolute Gasteiger partial charge is 0.0871 e. The molecule has 0 saturated carbocycles. The average Bonchev–Trinajstić information content (AvgIpc) is 2.53. The van der Waals surface area contributed by atoms with Crippen LogP contribution in [0, 0.1) is 17.8 Å². The summed E-state index contributed by atoms with van der Waals surface area (Å²) in [4.78, 5) is 0. The highest BCUT2D eigenvalue weighted by atomic mass is 16.3. The highest BCUT2D eigenvalue weighted by Gasteiger charge is 2.29. The van der Waals surface area contributed by atoms with Gasteiger partial charge in [0.2, 0.25) is 0 Å². The van der Waals surface area contributed by atoms with E-state index in [-0.39, 0.29) is 0 Å². The summed E-state index contributed by atoms with van der Waals surface area (Å²) in [6.07, 6.45) is 4.02. The van der Waals surface area contributed by atoms with E-state index in [0.717, 1.165) is 42.4 Å². The first-order chi connectivity index (χ1) is 11.4. The Bertz CT molecular complexity index is 770. The van der Waals surface area contributed by atoms with Gasteiger partial charge in [0.25, 0.3) is 0 Å². The standard InChI is InChI=1S/C23H26O/c1-17(2)15-19-9-6-18(7-10-19)8-11-20-12-13-22-21(16-20)5-4-14-23(22,3)24/h6-7,9-10,12-13,16-17,24H,4-5,14-15H2,1-3H3. The van der Waals surface area contributed by atoms with Gasteiger partial charge in [-0.3, -0.25) is 0 Å². The normalized spacial score (nSPS) is 19.5. The van der Waals surface area contributed by atoms with Crippen molar-refractivity contribution in [3.63, 3.8) is 0 Å². The maximum atomic E-state index is 10.5. The predicted octanol–water partition coefficient (Wildman–Crippen LogP) is 4.83. The molecule has 0 spiro atoms. The molecule has 2 aromatic rings. The molecule has 1 atom stereocenters. The molecule has 0 aliphatic heterocycles. The van der Waals surface area contributed by atoms with E-state index in [0.29, 0.717) is 5.92 Å². The van der Waals surface area contributed by atoms with Crippen molar-refractivity contribution in [2.24, 2.45) is 5.92 Å². The molecular weight excluding hydrogens is 292 g/mol. The van der Waals surface area contributed by atoms with Gasteiger partial charge in [-0.25, -0.2) is 0 Å². The van der Waals surface area contributed by atoms with Crippen molar-refractivity contribution >= 4 is 0 Å². The first-order valence-electron chi connectivity index (χ1n) is 8.91. The van der Waals surface area contributed by atoms with Crippen molar-refractivity contribution in [2.45, 2.75) is 52.1 Å². The summed E-state index contributed by atoms with van der Waals surface area (Å²) in [5.41, 5.74) is 5.06. The van der Waals surface area contributed by atoms with Crippen LogP contribution in [0.5, 0.6) is 0 Å². The Kier molecular flexibility index (Phi) is 4.78. The monoisotopic (exact) mass is 318 g/mol. The van der Waals surface area contributed by atoms with Crippen LogP contribution >= 0.6 is 0 Å². The topological polar surface area (TPSA) is 20.2 Å². The van der Waals surface area contributed by atoms with Crippen LogP contribution in [0.1, 0.15) is 61.4 Å². The number of fused-ring (bicyclic) bond motifs is 1. The summed E-state index contributed by atoms with van der Waals surface area (Å²) in [5.74, 6) is 7.20. The maximum Gasteiger partial charge on any atom is 0.0871 e. The third kappa shape index (κ3) is 3.89. The van der Waals surface area contributed by atoms with Gasteiger partial charge in [-0.15, -0.1) is 0 Å². The van der Waals surface area contributed by atoms with Crippen LogP contribution in [0.25, 0.3) is 0 Å². The minimum Gasteiger partial charge on any atom is -0.385 e. The number of rotatable bonds is 2. The van der Waals surface area contributed by atoms with Crippen molar-refractivity contribution in [3.8, 4) is 11.8 Å². The van der Waals surface area contributed by atoms with Gasteiger partial charge in [-0.05, 0) is 79.5 Å². The van der Waals surface area contributed by atoms with E-state index in [1.807, 2.05) is 19.1 Å². The van der Waals surface area contributed by atoms with Crippen molar-refractivity contribution in [3.05, 3.63) is 70.3 Å². The van der Waals surface area contributed by atoms with E-state index in [2.05, 4.69) is 56.0 Å². The van der Waals surface area contributed by atoms with Crippen molar-refractivity contribution in [2.75, 3.05) is 0 Å². The molecule has 1 heteroatoms. The summed E-state index contributed by atoms with van der Waals surface area (Å²) in [6.45, 7) is 6.39. The molecule has 0 bridgehead atoms. The average molecular weight is 318 g/mol. The molecule has 1 aliphatic rings. The second-order valence-electron chi connectivity index (χ2n) is 7.54. The first-order valence-corrected chi connectivity index (χ1v) is 8.91. The van der Waals surface area contributed by atoms with Gasteiger partial charge >= 0.3 is 0 Å². The lowest BCUT2D eigenvalue weighted by atomic mass is 9.80. The Morgan fingerprint density at radius 1 is 1.04 bits per heavy atom. The fourth-order valence-electron chi connectivity index (χ4n) is 3.50. The molecule has 3 rings (SSSR count). The largest absolute Gasteiger partial charge is 0.385 e. The van der Waals surface area contributed by atoms with Gasteiger partial charge in [0, 0.05) is 11.1 Å². The highest BCUT2D eigenvalue weighted by Crippen LogP contribution is 2.35. The quantitative estimate of drug-likeness (QED) is 0.786. The van der Waals surface area contributed by atoms with E-state index in [1.165, 1.54) is 11.1 Å². The zero-order valence-corrected chi connectivity index (χ0v) is 14.9. The number of aliphatic hydroxyl groups is 1. The summed E-state index contributed by atoms with van der Waals surface area (Å²) in [6, 6.07) is 14.8. The summed E-state index contributed by atoms with van der Waals surface area (Å²) in [7, 11) is 0. The number of hydrogen-bond donors (Lipinski definition) is 1. The molecule has 0 radical (unpaired) electrons. The van der Waals surface area contributed by atoms with Gasteiger partial charge in [0.05, 0.1) is 5.60 Å². The van der Waals surface area contributed by atoms with E-state index in [9.17, 15) is 5.11 Å². The third-order valence-electron chi connectivity index (χ3n) is 4.74. The Morgan fingerprint density at radius 3 is 2.42 bits per heavy atom. The number of aryl methyl sites for hydroxylation is 1. The Balaban J connectivity index is 1.79. The molecule has 0 saturated heterocycles. The molecule has 24 heavy (non-hydrogen) atoms. The highest BCUT2D eigenvalue weighted by molar-refractivity contribution is 5.47. The van der Waals surface area contributed by atoms with E-state index < -0.39 is 5.60 Å². The van der Waals surface area contributed by atoms with Gasteiger partial charge in [-0.1, -0.05) is 43.9 Å². The van der Waals surface area contributed by atoms with E-state index in [1.54, 1.807) is 0 Å². The summed E-state index contributed by atoms with van der Waals surface area (Å²) < 4.78 is 0. The van der Waals surface area contributed by atoms with Crippen LogP contribution < -0.4 is 0 Å². The molecule has 2 aromatic carbocycles. The lowest BCUT2D eigenvalue weighted by molar-refractivity contribution is 0.0387. The van der Waals surface area contributed by atoms with Crippen LogP contribution in [0.15, 0.2) is 42.5 Å². The second-order valence-corrected chi connectivity index (χ2v) is 7.54. The molecule has 1 aliphatic carbocycles. The molecule has 1 unspecified atom stereocenters. The van der Waals surface area contributed by atoms with Crippen molar-refractivity contribution < 1.29 is 5.11 Å². The zero-order valence-electron chi connectivity index (χ0n) is 14.9. The second kappa shape index (κ2) is 6.83. The van der Waals surface area contributed by atoms with Gasteiger partial charge in [0.1, 0.15) is 0 Å². The van der Waals surface area contributed by atoms with Crippen LogP contribution in [0.2, 0.25) is 0 Å². The lowest BCUT2D eigenvalue weighted by Crippen LogP contribution is -2.26. The first kappa shape index (κ1) is 16.8. The number of benzene rings is 2. The Labute approximate surface area is 145 Å². The SMILES string of the molecule is CC(C)Cc1ccc(C#Cc2ccc3c(c2)CCCC3(C)O)cc1. The molecular formula is C23H26O. The fraction of sp³-hybridized carbons (Fsp3) is 0.391. The summed E-state index contributed by atoms with van der Waals surface area (Å²) in [5, 5.41) is 10.5. The van der Waals surface area contributed by atoms with Crippen LogP contribution in [-0.2, 0) is 18.4 Å². The molecule has 1 N–H and O–H groups in total. The molecule has 0 amide bonds. The van der Waals surface area contributed by atoms with Gasteiger partial charge in [-0.2, -0.15) is 0 Å². The summed E-state index contributed by atoms with van der Waals surface area (Å²) >= 11 is 0. The van der Waals surface area contributed by atoms with Crippen molar-refractivity contribution in [1.82, 2.24) is 0 Å². The maximum absolute atomic E-state index is 10.5. The fourth-order valence-corrected chi connectivity index (χ4v) is 3.50. The molecule has 0 heterocycles. The van der Waals surface area contributed by atoms with E-state index >= 15 is 0 Å². The Morgan fingerprint density at radius 2 is 1.71 bits per heavy atom. The third-order valence-corrected chi connectivity index (χ3v) is 4.74. The molecule has 1 nitrogen and oxygen atoms in total. The molecule has 0 fully saturated rings. The van der Waals surface area contributed by atoms with Crippen LogP contribution in [-0.4, -0.2) is 5.11 Å². The minimum absolute atomic E-state index is 0.676. The Hall–Kier alpha value is -2.04. The lowest BCUT2D eigenvalue weighted by Gasteiger charge is -2.31. The number of hydrogen-bond acceptors (Lipinski definition) is 1. The minimum atomic E-state index is -0.689. The van der Waals surface area contributed by atoms with Gasteiger partial charge in [0.15, 0.2) is 0 Å².